The third kappa shape index (κ3) is 2.98. The minimum atomic E-state index is 0.384. The summed E-state index contributed by atoms with van der Waals surface area (Å²) in [6.45, 7) is 4.39. The molecule has 0 bridgehead atoms. The number of hydrogen-bond acceptors (Lipinski definition) is 1. The predicted octanol–water partition coefficient (Wildman–Crippen LogP) is 7.17. The highest BCUT2D eigenvalue weighted by Crippen LogP contribution is 2.41. The van der Waals surface area contributed by atoms with Crippen LogP contribution in [0.1, 0.15) is 45.9 Å². The molecule has 0 aliphatic heterocycles. The summed E-state index contributed by atoms with van der Waals surface area (Å²) in [7, 11) is 0. The molecule has 3 aromatic carbocycles. The zero-order valence-corrected chi connectivity index (χ0v) is 20.5. The number of benzene rings is 3. The molecule has 2 aromatic heterocycles. The van der Waals surface area contributed by atoms with E-state index in [2.05, 4.69) is 103 Å². The molecule has 166 valence electrons. The lowest BCUT2D eigenvalue weighted by Gasteiger charge is -2.16. The van der Waals surface area contributed by atoms with E-state index in [1.54, 1.807) is 4.88 Å². The number of aryl methyl sites for hydroxylation is 3. The van der Waals surface area contributed by atoms with Gasteiger partial charge in [-0.3, -0.25) is 0 Å². The van der Waals surface area contributed by atoms with Gasteiger partial charge in [-0.1, -0.05) is 66.8 Å². The van der Waals surface area contributed by atoms with Crippen LogP contribution in [-0.2, 0) is 6.42 Å². The van der Waals surface area contributed by atoms with Crippen molar-refractivity contribution in [3.8, 4) is 5.69 Å². The average molecular weight is 458 g/mol. The number of fused-ring (bicyclic) bond motifs is 6. The fourth-order valence-electron chi connectivity index (χ4n) is 6.03. The summed E-state index contributed by atoms with van der Waals surface area (Å²) in [5, 5.41) is 5.50. The Morgan fingerprint density at radius 3 is 2.62 bits per heavy atom. The number of nitrogens with zero attached hydrogens (tertiary/aromatic N) is 1. The Morgan fingerprint density at radius 1 is 0.912 bits per heavy atom. The Labute approximate surface area is 204 Å². The van der Waals surface area contributed by atoms with Gasteiger partial charge >= 0.3 is 0 Å². The molecule has 2 heterocycles. The minimum Gasteiger partial charge on any atom is -0.310 e. The molecule has 0 unspecified atom stereocenters. The molecule has 2 aliphatic rings. The number of hydrogen-bond donors (Lipinski definition) is 0. The first-order valence-electron chi connectivity index (χ1n) is 12.3. The molecule has 7 rings (SSSR count). The summed E-state index contributed by atoms with van der Waals surface area (Å²) in [6.07, 6.45) is 13.1. The van der Waals surface area contributed by atoms with E-state index in [-0.39, 0.29) is 0 Å². The highest BCUT2D eigenvalue weighted by molar-refractivity contribution is 7.19. The summed E-state index contributed by atoms with van der Waals surface area (Å²) in [5.74, 6) is 0.384. The molecule has 5 aromatic rings. The molecule has 0 saturated heterocycles. The topological polar surface area (TPSA) is 4.93 Å². The molecule has 0 saturated carbocycles. The molecular formula is C32H27NS. The van der Waals surface area contributed by atoms with E-state index in [0.717, 1.165) is 12.8 Å². The maximum absolute atomic E-state index is 2.54. The van der Waals surface area contributed by atoms with Crippen molar-refractivity contribution in [1.82, 2.24) is 4.57 Å². The summed E-state index contributed by atoms with van der Waals surface area (Å²) >= 11 is 2.02. The average Bonchev–Trinajstić information content (AvgIpc) is 3.39. The van der Waals surface area contributed by atoms with Gasteiger partial charge in [-0.2, -0.15) is 0 Å². The molecule has 0 radical (unpaired) electrons. The fraction of sp³-hybridized carbons (Fsp3) is 0.188. The van der Waals surface area contributed by atoms with Crippen molar-refractivity contribution in [3.05, 3.63) is 104 Å². The summed E-state index contributed by atoms with van der Waals surface area (Å²) < 4.78 is 3.96. The number of rotatable bonds is 2. The van der Waals surface area contributed by atoms with Gasteiger partial charge in [0, 0.05) is 37.2 Å². The number of thiophene rings is 1. The molecule has 0 spiro atoms. The van der Waals surface area contributed by atoms with Crippen LogP contribution in [0.5, 0.6) is 0 Å². The van der Waals surface area contributed by atoms with E-state index < -0.39 is 0 Å². The Hall–Kier alpha value is -3.36. The maximum atomic E-state index is 2.54. The minimum absolute atomic E-state index is 0.384. The van der Waals surface area contributed by atoms with Crippen LogP contribution >= 0.6 is 11.3 Å². The van der Waals surface area contributed by atoms with E-state index >= 15 is 0 Å². The van der Waals surface area contributed by atoms with Crippen molar-refractivity contribution in [1.29, 1.82) is 0 Å². The number of allylic oxidation sites excluding steroid dienone is 1. The van der Waals surface area contributed by atoms with Gasteiger partial charge in [-0.15, -0.1) is 11.3 Å². The summed E-state index contributed by atoms with van der Waals surface area (Å²) in [6, 6.07) is 22.7. The Morgan fingerprint density at radius 2 is 1.74 bits per heavy atom. The monoisotopic (exact) mass is 457 g/mol. The second-order valence-corrected chi connectivity index (χ2v) is 10.9. The molecule has 2 heteroatoms. The van der Waals surface area contributed by atoms with Gasteiger partial charge in [-0.25, -0.2) is 0 Å². The quantitative estimate of drug-likeness (QED) is 0.265. The fourth-order valence-corrected chi connectivity index (χ4v) is 7.41. The van der Waals surface area contributed by atoms with E-state index in [4.69, 9.17) is 0 Å². The van der Waals surface area contributed by atoms with Crippen LogP contribution in [0.25, 0.3) is 44.9 Å². The van der Waals surface area contributed by atoms with Gasteiger partial charge in [0.1, 0.15) is 0 Å². The first-order chi connectivity index (χ1) is 16.7. The Balaban J connectivity index is 1.49. The van der Waals surface area contributed by atoms with Crippen molar-refractivity contribution in [2.24, 2.45) is 0 Å². The predicted molar refractivity (Wildman–Crippen MR) is 147 cm³/mol. The summed E-state index contributed by atoms with van der Waals surface area (Å²) in [5.41, 5.74) is 8.10. The van der Waals surface area contributed by atoms with Gasteiger partial charge in [0.15, 0.2) is 0 Å². The first-order valence-corrected chi connectivity index (χ1v) is 13.1. The lowest BCUT2D eigenvalue weighted by atomic mass is 9.90. The lowest BCUT2D eigenvalue weighted by Crippen LogP contribution is -2.32. The zero-order chi connectivity index (χ0) is 22.8. The summed E-state index contributed by atoms with van der Waals surface area (Å²) in [4.78, 5) is 1.55. The SMILES string of the molecule is Cc1cc(C)cc(-n2c3c(c4ccccc42)=CC[C@@H](c2cccc4c5c(sc24)CCC=C5)C=3)c1. The van der Waals surface area contributed by atoms with Crippen LogP contribution in [-0.4, -0.2) is 4.57 Å². The standard InChI is InChI=1S/C32H27NS/c1-20-16-21(2)18-23(17-20)33-29-12-5-3-8-25(29)26-15-14-22(19-30(26)33)24-10-7-11-28-27-9-4-6-13-31(27)34-32(24)28/h3-5,7-12,15-19,22H,6,13-14H2,1-2H3/t22-/m1/s1. The number of aromatic nitrogens is 1. The van der Waals surface area contributed by atoms with Gasteiger partial charge < -0.3 is 4.57 Å². The van der Waals surface area contributed by atoms with Gasteiger partial charge in [-0.05, 0) is 73.6 Å². The molecule has 0 N–H and O–H groups in total. The molecule has 34 heavy (non-hydrogen) atoms. The molecular weight excluding hydrogens is 430 g/mol. The highest BCUT2D eigenvalue weighted by Gasteiger charge is 2.21. The van der Waals surface area contributed by atoms with Crippen molar-refractivity contribution < 1.29 is 0 Å². The molecule has 0 fully saturated rings. The van der Waals surface area contributed by atoms with Gasteiger partial charge in [0.25, 0.3) is 0 Å². The maximum Gasteiger partial charge on any atom is 0.0540 e. The second-order valence-electron chi connectivity index (χ2n) is 9.81. The molecule has 1 atom stereocenters. The van der Waals surface area contributed by atoms with Crippen LogP contribution in [0.15, 0.2) is 66.7 Å². The molecule has 2 aliphatic carbocycles. The Bertz CT molecular complexity index is 1740. The highest BCUT2D eigenvalue weighted by atomic mass is 32.1. The van der Waals surface area contributed by atoms with Gasteiger partial charge in [0.2, 0.25) is 0 Å². The molecule has 0 amide bonds. The normalized spacial score (nSPS) is 16.8. The third-order valence-electron chi connectivity index (χ3n) is 7.43. The molecule has 1 nitrogen and oxygen atoms in total. The van der Waals surface area contributed by atoms with Crippen molar-refractivity contribution in [2.75, 3.05) is 0 Å². The van der Waals surface area contributed by atoms with Crippen molar-refractivity contribution >= 4 is 50.6 Å². The van der Waals surface area contributed by atoms with E-state index in [1.165, 1.54) is 65.9 Å². The van der Waals surface area contributed by atoms with E-state index in [1.807, 2.05) is 11.3 Å². The zero-order valence-electron chi connectivity index (χ0n) is 19.6. The van der Waals surface area contributed by atoms with Crippen LogP contribution in [0.2, 0.25) is 0 Å². The van der Waals surface area contributed by atoms with Gasteiger partial charge in [0.05, 0.1) is 10.9 Å². The van der Waals surface area contributed by atoms with Crippen LogP contribution in [0.3, 0.4) is 0 Å². The first kappa shape index (κ1) is 20.1. The number of para-hydroxylation sites is 1. The lowest BCUT2D eigenvalue weighted by molar-refractivity contribution is 0.913. The van der Waals surface area contributed by atoms with E-state index in [9.17, 15) is 0 Å². The Kier molecular flexibility index (Phi) is 4.47. The largest absolute Gasteiger partial charge is 0.310 e. The van der Waals surface area contributed by atoms with Crippen LogP contribution in [0, 0.1) is 13.8 Å². The second kappa shape index (κ2) is 7.58. The van der Waals surface area contributed by atoms with Crippen LogP contribution < -0.4 is 10.6 Å². The van der Waals surface area contributed by atoms with Crippen LogP contribution in [0.4, 0.5) is 0 Å². The third-order valence-corrected chi connectivity index (χ3v) is 8.77. The van der Waals surface area contributed by atoms with Crippen molar-refractivity contribution in [2.45, 2.75) is 39.0 Å². The van der Waals surface area contributed by atoms with E-state index in [0.29, 0.717) is 5.92 Å². The smallest absolute Gasteiger partial charge is 0.0540 e. The van der Waals surface area contributed by atoms with Crippen molar-refractivity contribution in [3.63, 3.8) is 0 Å².